The van der Waals surface area contributed by atoms with Crippen molar-refractivity contribution in [3.05, 3.63) is 5.21 Å². The average molecular weight is 230 g/mol. The van der Waals surface area contributed by atoms with Gasteiger partial charge >= 0.3 is 0 Å². The van der Waals surface area contributed by atoms with E-state index in [0.29, 0.717) is 10.9 Å². The van der Waals surface area contributed by atoms with Crippen LogP contribution in [0.1, 0.15) is 34.1 Å². The maximum absolute atomic E-state index is 11.6. The molecule has 1 saturated heterocycles. The summed E-state index contributed by atoms with van der Waals surface area (Å²) in [5, 5.41) is 27.8. The molecule has 2 atom stereocenters. The number of rotatable bonds is 3. The van der Waals surface area contributed by atoms with Crippen molar-refractivity contribution in [2.75, 3.05) is 13.1 Å². The zero-order valence-electron chi connectivity index (χ0n) is 10.5. The molecule has 2 N–H and O–H groups in total. The molecule has 1 aliphatic rings. The lowest BCUT2D eigenvalue weighted by Crippen LogP contribution is -2.53. The van der Waals surface area contributed by atoms with Crippen LogP contribution in [0.2, 0.25) is 0 Å². The second-order valence-electron chi connectivity index (χ2n) is 5.35. The second-order valence-corrected chi connectivity index (χ2v) is 5.35. The van der Waals surface area contributed by atoms with Crippen molar-refractivity contribution in [2.24, 2.45) is 11.2 Å². The Balaban J connectivity index is 2.83. The van der Waals surface area contributed by atoms with Crippen LogP contribution in [0.5, 0.6) is 0 Å². The van der Waals surface area contributed by atoms with Gasteiger partial charge in [-0.3, -0.25) is 0 Å². The lowest BCUT2D eigenvalue weighted by Gasteiger charge is -2.37. The third kappa shape index (κ3) is 2.75. The molecule has 0 saturated carbocycles. The van der Waals surface area contributed by atoms with E-state index in [4.69, 9.17) is 5.21 Å². The van der Waals surface area contributed by atoms with E-state index >= 15 is 0 Å². The summed E-state index contributed by atoms with van der Waals surface area (Å²) in [6.45, 7) is 9.69. The van der Waals surface area contributed by atoms with Crippen LogP contribution >= 0.6 is 0 Å². The van der Waals surface area contributed by atoms with Crippen LogP contribution < -0.4 is 5.32 Å². The second kappa shape index (κ2) is 4.86. The van der Waals surface area contributed by atoms with E-state index in [0.717, 1.165) is 19.5 Å². The highest BCUT2D eigenvalue weighted by atomic mass is 16.6. The standard InChI is InChI=1S/C10H22N4O2/c1-8(9-5-6-11-7-9)13(10(2,3)4)14(16)12-15/h8-9,11,15H,5-7H2,1-4H3/t8?,9-/m1/s1. The Morgan fingerprint density at radius 1 is 1.56 bits per heavy atom. The van der Waals surface area contributed by atoms with Crippen LogP contribution in [-0.4, -0.2) is 39.9 Å². The topological polar surface area (TPSA) is 73.9 Å². The summed E-state index contributed by atoms with van der Waals surface area (Å²) in [6.07, 6.45) is 1.05. The first kappa shape index (κ1) is 13.0. The maximum atomic E-state index is 11.6. The Morgan fingerprint density at radius 2 is 2.19 bits per heavy atom. The smallest absolute Gasteiger partial charge is 0.230 e. The van der Waals surface area contributed by atoms with Gasteiger partial charge < -0.3 is 15.7 Å². The fourth-order valence-electron chi connectivity index (χ4n) is 2.35. The molecule has 0 spiro atoms. The zero-order valence-corrected chi connectivity index (χ0v) is 10.5. The van der Waals surface area contributed by atoms with Crippen molar-refractivity contribution in [3.63, 3.8) is 0 Å². The van der Waals surface area contributed by atoms with Gasteiger partial charge in [-0.25, -0.2) is 0 Å². The van der Waals surface area contributed by atoms with Crippen molar-refractivity contribution < 1.29 is 10.2 Å². The van der Waals surface area contributed by atoms with E-state index in [1.807, 2.05) is 27.7 Å². The summed E-state index contributed by atoms with van der Waals surface area (Å²) in [7, 11) is 0. The van der Waals surface area contributed by atoms with Gasteiger partial charge in [0.1, 0.15) is 0 Å². The predicted octanol–water partition coefficient (Wildman–Crippen LogP) is 1.35. The van der Waals surface area contributed by atoms with Gasteiger partial charge in [0.05, 0.1) is 16.6 Å². The van der Waals surface area contributed by atoms with E-state index in [1.54, 1.807) is 5.01 Å². The molecule has 0 aromatic carbocycles. The molecule has 6 heteroatoms. The highest BCUT2D eigenvalue weighted by Crippen LogP contribution is 2.25. The quantitative estimate of drug-likeness (QED) is 0.436. The van der Waals surface area contributed by atoms with Crippen LogP contribution in [0.25, 0.3) is 0 Å². The minimum atomic E-state index is -0.365. The van der Waals surface area contributed by atoms with Crippen molar-refractivity contribution in [3.8, 4) is 0 Å². The van der Waals surface area contributed by atoms with Crippen LogP contribution in [0.3, 0.4) is 0 Å². The summed E-state index contributed by atoms with van der Waals surface area (Å²) in [4.78, 5) is 0.295. The minimum Gasteiger partial charge on any atom is -0.569 e. The molecule has 1 rings (SSSR count). The first-order chi connectivity index (χ1) is 7.38. The molecule has 1 aliphatic heterocycles. The molecule has 6 nitrogen and oxygen atoms in total. The summed E-state index contributed by atoms with van der Waals surface area (Å²) in [6, 6.07) is 0.0448. The largest absolute Gasteiger partial charge is 0.569 e. The van der Waals surface area contributed by atoms with Crippen LogP contribution in [0, 0.1) is 11.1 Å². The summed E-state index contributed by atoms with van der Waals surface area (Å²) in [5.74, 6) is 0.414. The number of hydrazine groups is 1. The highest BCUT2D eigenvalue weighted by Gasteiger charge is 2.38. The Bertz CT molecular complexity index is 256. The molecule has 0 aliphatic carbocycles. The van der Waals surface area contributed by atoms with Crippen LogP contribution in [0.4, 0.5) is 0 Å². The zero-order chi connectivity index (χ0) is 12.3. The van der Waals surface area contributed by atoms with Gasteiger partial charge in [0, 0.05) is 6.54 Å². The molecular formula is C10H22N4O2. The Kier molecular flexibility index (Phi) is 3.96. The fraction of sp³-hybridized carbons (Fsp3) is 1.00. The van der Waals surface area contributed by atoms with Crippen LogP contribution in [-0.2, 0) is 0 Å². The predicted molar refractivity (Wildman–Crippen MR) is 59.9 cm³/mol. The third-order valence-electron chi connectivity index (χ3n) is 3.11. The molecule has 1 heterocycles. The molecule has 16 heavy (non-hydrogen) atoms. The molecule has 0 radical (unpaired) electrons. The fourth-order valence-corrected chi connectivity index (χ4v) is 2.35. The Morgan fingerprint density at radius 3 is 2.56 bits per heavy atom. The normalized spacial score (nSPS) is 24.5. The van der Waals surface area contributed by atoms with Crippen molar-refractivity contribution in [2.45, 2.75) is 45.7 Å². The van der Waals surface area contributed by atoms with E-state index in [1.165, 1.54) is 0 Å². The molecule has 1 unspecified atom stereocenters. The molecule has 94 valence electrons. The Hall–Kier alpha value is -1.04. The van der Waals surface area contributed by atoms with Crippen molar-refractivity contribution in [1.82, 2.24) is 10.3 Å². The van der Waals surface area contributed by atoms with Gasteiger partial charge in [0.25, 0.3) is 0 Å². The van der Waals surface area contributed by atoms with Gasteiger partial charge in [-0.1, -0.05) is 0 Å². The lowest BCUT2D eigenvalue weighted by molar-refractivity contribution is -0.732. The van der Waals surface area contributed by atoms with Gasteiger partial charge in [-0.15, -0.1) is 5.01 Å². The van der Waals surface area contributed by atoms with E-state index < -0.39 is 0 Å². The SMILES string of the molecule is CC([C@@H]1CCNC1)N([N+]([O-])=NO)C(C)(C)C. The highest BCUT2D eigenvalue weighted by molar-refractivity contribution is 4.84. The molecule has 1 fully saturated rings. The Labute approximate surface area is 96.5 Å². The number of nitrogens with zero attached hydrogens (tertiary/aromatic N) is 3. The third-order valence-corrected chi connectivity index (χ3v) is 3.11. The van der Waals surface area contributed by atoms with E-state index in [2.05, 4.69) is 10.6 Å². The summed E-state index contributed by atoms with van der Waals surface area (Å²) < 4.78 is 0. The maximum Gasteiger partial charge on any atom is 0.230 e. The first-order valence-electron chi connectivity index (χ1n) is 5.70. The number of hydrogen-bond donors (Lipinski definition) is 2. The summed E-state index contributed by atoms with van der Waals surface area (Å²) in [5.41, 5.74) is -0.365. The molecule has 0 amide bonds. The summed E-state index contributed by atoms with van der Waals surface area (Å²) >= 11 is 0. The average Bonchev–Trinajstić information content (AvgIpc) is 2.68. The monoisotopic (exact) mass is 230 g/mol. The molecule has 0 aromatic heterocycles. The molecule has 0 aromatic rings. The van der Waals surface area contributed by atoms with Gasteiger partial charge in [0.2, 0.25) is 5.28 Å². The van der Waals surface area contributed by atoms with Crippen molar-refractivity contribution >= 4 is 0 Å². The first-order valence-corrected chi connectivity index (χ1v) is 5.70. The van der Waals surface area contributed by atoms with Gasteiger partial charge in [-0.2, -0.15) is 0 Å². The number of hydrogen-bond acceptors (Lipinski definition) is 3. The minimum absolute atomic E-state index is 0.0448. The number of nitrogens with one attached hydrogen (secondary N) is 1. The van der Waals surface area contributed by atoms with Gasteiger partial charge in [-0.05, 0) is 46.6 Å². The van der Waals surface area contributed by atoms with E-state index in [9.17, 15) is 5.21 Å². The van der Waals surface area contributed by atoms with E-state index in [-0.39, 0.29) is 11.6 Å². The molecular weight excluding hydrogens is 208 g/mol. The van der Waals surface area contributed by atoms with Gasteiger partial charge in [0.15, 0.2) is 0 Å². The molecule has 0 bridgehead atoms. The van der Waals surface area contributed by atoms with Crippen molar-refractivity contribution in [1.29, 1.82) is 0 Å². The van der Waals surface area contributed by atoms with Crippen LogP contribution in [0.15, 0.2) is 5.28 Å². The lowest BCUT2D eigenvalue weighted by atomic mass is 9.96.